The molecule has 0 aliphatic carbocycles. The van der Waals surface area contributed by atoms with Crippen molar-refractivity contribution >= 4 is 52.9 Å². The minimum Gasteiger partial charge on any atom is -0.493 e. The largest absolute Gasteiger partial charge is 0.493 e. The van der Waals surface area contributed by atoms with Crippen molar-refractivity contribution in [2.75, 3.05) is 25.5 Å². The van der Waals surface area contributed by atoms with Crippen molar-refractivity contribution in [2.45, 2.75) is 6.92 Å². The Morgan fingerprint density at radius 2 is 1.83 bits per heavy atom. The van der Waals surface area contributed by atoms with E-state index >= 15 is 0 Å². The molecule has 1 aromatic carbocycles. The number of hydrogen-bond donors (Lipinski definition) is 2. The highest BCUT2D eigenvalue weighted by atomic mass is 79.9. The van der Waals surface area contributed by atoms with Crippen LogP contribution >= 0.6 is 40.7 Å². The standard InChI is InChI=1S/C12H15BrN6O2.2ClH/c1-7-16-18-12(19(7)14)17-15-6-8-4-10(20-2)11(21-3)5-9(8)13;;/h4-6H,14H2,1-3H3,(H,17,18);2*1H/b15-6+;;. The van der Waals surface area contributed by atoms with E-state index in [1.807, 2.05) is 0 Å². The zero-order valence-electron chi connectivity index (χ0n) is 12.6. The van der Waals surface area contributed by atoms with Gasteiger partial charge in [0.15, 0.2) is 17.3 Å². The lowest BCUT2D eigenvalue weighted by molar-refractivity contribution is 0.354. The second kappa shape index (κ2) is 9.43. The first-order valence-electron chi connectivity index (χ1n) is 5.94. The molecule has 2 rings (SSSR count). The summed E-state index contributed by atoms with van der Waals surface area (Å²) in [4.78, 5) is 0. The zero-order valence-corrected chi connectivity index (χ0v) is 15.8. The molecule has 8 nitrogen and oxygen atoms in total. The fraction of sp³-hybridized carbons (Fsp3) is 0.250. The van der Waals surface area contributed by atoms with Gasteiger partial charge in [-0.25, -0.2) is 10.1 Å². The lowest BCUT2D eigenvalue weighted by atomic mass is 10.2. The average molecular weight is 428 g/mol. The number of nitrogens with zero attached hydrogens (tertiary/aromatic N) is 4. The number of rotatable bonds is 5. The summed E-state index contributed by atoms with van der Waals surface area (Å²) in [6.45, 7) is 1.74. The Balaban J connectivity index is 0.00000242. The van der Waals surface area contributed by atoms with Crippen LogP contribution in [-0.4, -0.2) is 35.3 Å². The van der Waals surface area contributed by atoms with Gasteiger partial charge in [-0.1, -0.05) is 0 Å². The van der Waals surface area contributed by atoms with Crippen molar-refractivity contribution in [3.63, 3.8) is 0 Å². The maximum absolute atomic E-state index is 5.70. The van der Waals surface area contributed by atoms with Gasteiger partial charge in [0.1, 0.15) is 0 Å². The first-order chi connectivity index (χ1) is 10.1. The number of halogens is 3. The van der Waals surface area contributed by atoms with Gasteiger partial charge in [0.2, 0.25) is 0 Å². The molecule has 1 aromatic heterocycles. The Labute approximate surface area is 154 Å². The minimum absolute atomic E-state index is 0. The number of methoxy groups -OCH3 is 2. The van der Waals surface area contributed by atoms with Gasteiger partial charge < -0.3 is 15.3 Å². The molecule has 0 saturated heterocycles. The quantitative estimate of drug-likeness (QED) is 0.431. The Kier molecular flexibility index (Phi) is 8.73. The predicted octanol–water partition coefficient (Wildman–Crippen LogP) is 2.37. The number of nitrogens with one attached hydrogen (secondary N) is 1. The molecule has 0 bridgehead atoms. The van der Waals surface area contributed by atoms with E-state index < -0.39 is 0 Å². The first-order valence-corrected chi connectivity index (χ1v) is 6.73. The number of hydrogen-bond acceptors (Lipinski definition) is 7. The average Bonchev–Trinajstić information content (AvgIpc) is 2.80. The molecule has 3 N–H and O–H groups in total. The Bertz CT molecular complexity index is 680. The number of hydrazone groups is 1. The number of nitrogens with two attached hydrogens (primary N) is 1. The van der Waals surface area contributed by atoms with Crippen molar-refractivity contribution in [1.29, 1.82) is 0 Å². The third-order valence-electron chi connectivity index (χ3n) is 2.74. The Morgan fingerprint density at radius 3 is 2.35 bits per heavy atom. The molecule has 0 unspecified atom stereocenters. The maximum Gasteiger partial charge on any atom is 0.263 e. The molecule has 128 valence electrons. The van der Waals surface area contributed by atoms with Gasteiger partial charge >= 0.3 is 0 Å². The van der Waals surface area contributed by atoms with Crippen molar-refractivity contribution in [3.8, 4) is 11.5 Å². The lowest BCUT2D eigenvalue weighted by Gasteiger charge is -2.09. The number of aromatic nitrogens is 3. The van der Waals surface area contributed by atoms with Crippen LogP contribution in [0.4, 0.5) is 5.95 Å². The number of nitrogen functional groups attached to an aromatic ring is 1. The zero-order chi connectivity index (χ0) is 15.4. The topological polar surface area (TPSA) is 99.6 Å². The molecular formula is C12H17BrCl2N6O2. The monoisotopic (exact) mass is 426 g/mol. The van der Waals surface area contributed by atoms with Crippen molar-refractivity contribution in [1.82, 2.24) is 14.9 Å². The molecule has 1 heterocycles. The smallest absolute Gasteiger partial charge is 0.263 e. The fourth-order valence-corrected chi connectivity index (χ4v) is 2.00. The number of benzene rings is 1. The van der Waals surface area contributed by atoms with Crippen molar-refractivity contribution in [3.05, 3.63) is 28.0 Å². The van der Waals surface area contributed by atoms with E-state index in [2.05, 4.69) is 36.7 Å². The summed E-state index contributed by atoms with van der Waals surface area (Å²) >= 11 is 3.44. The van der Waals surface area contributed by atoms with E-state index in [1.54, 1.807) is 39.5 Å². The SMILES string of the molecule is COc1cc(Br)c(/C=N/Nc2nnc(C)n2N)cc1OC.Cl.Cl. The van der Waals surface area contributed by atoms with E-state index in [9.17, 15) is 0 Å². The number of aryl methyl sites for hydroxylation is 1. The second-order valence-electron chi connectivity index (χ2n) is 4.04. The molecule has 0 fully saturated rings. The van der Waals surface area contributed by atoms with Gasteiger partial charge in [0.25, 0.3) is 5.95 Å². The van der Waals surface area contributed by atoms with Crippen LogP contribution in [0.3, 0.4) is 0 Å². The van der Waals surface area contributed by atoms with Gasteiger partial charge in [0, 0.05) is 10.0 Å². The van der Waals surface area contributed by atoms with E-state index in [0.717, 1.165) is 10.0 Å². The molecular weight excluding hydrogens is 411 g/mol. The van der Waals surface area contributed by atoms with Gasteiger partial charge in [-0.2, -0.15) is 5.10 Å². The molecule has 0 atom stereocenters. The van der Waals surface area contributed by atoms with Gasteiger partial charge in [-0.15, -0.1) is 35.0 Å². The van der Waals surface area contributed by atoms with Crippen LogP contribution < -0.4 is 20.7 Å². The summed E-state index contributed by atoms with van der Waals surface area (Å²) in [7, 11) is 3.15. The summed E-state index contributed by atoms with van der Waals surface area (Å²) in [6.07, 6.45) is 1.61. The molecule has 0 amide bonds. The first kappa shape index (κ1) is 21.3. The van der Waals surface area contributed by atoms with Crippen LogP contribution in [-0.2, 0) is 0 Å². The summed E-state index contributed by atoms with van der Waals surface area (Å²) in [5.41, 5.74) is 3.52. The third-order valence-corrected chi connectivity index (χ3v) is 3.42. The molecule has 2 aromatic rings. The lowest BCUT2D eigenvalue weighted by Crippen LogP contribution is -2.13. The van der Waals surface area contributed by atoms with Crippen molar-refractivity contribution in [2.24, 2.45) is 5.10 Å². The molecule has 0 aliphatic heterocycles. The number of ether oxygens (including phenoxy) is 2. The van der Waals surface area contributed by atoms with E-state index in [-0.39, 0.29) is 24.8 Å². The summed E-state index contributed by atoms with van der Waals surface area (Å²) in [5.74, 6) is 7.88. The molecule has 0 radical (unpaired) electrons. The highest BCUT2D eigenvalue weighted by molar-refractivity contribution is 9.10. The van der Waals surface area contributed by atoms with Gasteiger partial charge in [0.05, 0.1) is 20.4 Å². The second-order valence-corrected chi connectivity index (χ2v) is 4.89. The Morgan fingerprint density at radius 1 is 1.22 bits per heavy atom. The van der Waals surface area contributed by atoms with Gasteiger partial charge in [-0.3, -0.25) is 0 Å². The molecule has 23 heavy (non-hydrogen) atoms. The van der Waals surface area contributed by atoms with Crippen LogP contribution in [0.1, 0.15) is 11.4 Å². The fourth-order valence-electron chi connectivity index (χ4n) is 1.57. The van der Waals surface area contributed by atoms with E-state index in [4.69, 9.17) is 15.3 Å². The van der Waals surface area contributed by atoms with Crippen LogP contribution in [0.25, 0.3) is 0 Å². The van der Waals surface area contributed by atoms with Crippen molar-refractivity contribution < 1.29 is 9.47 Å². The predicted molar refractivity (Wildman–Crippen MR) is 97.9 cm³/mol. The third kappa shape index (κ3) is 4.88. The summed E-state index contributed by atoms with van der Waals surface area (Å²) in [5, 5.41) is 11.7. The molecule has 0 aliphatic rings. The van der Waals surface area contributed by atoms with Crippen LogP contribution in [0.5, 0.6) is 11.5 Å². The maximum atomic E-state index is 5.70. The van der Waals surface area contributed by atoms with E-state index in [0.29, 0.717) is 23.3 Å². The highest BCUT2D eigenvalue weighted by Gasteiger charge is 2.08. The van der Waals surface area contributed by atoms with Crippen LogP contribution in [0, 0.1) is 6.92 Å². The summed E-state index contributed by atoms with van der Waals surface area (Å²) < 4.78 is 12.6. The van der Waals surface area contributed by atoms with E-state index in [1.165, 1.54) is 4.68 Å². The Hall–Kier alpha value is -1.71. The number of anilines is 1. The normalized spacial score (nSPS) is 9.91. The molecule has 0 spiro atoms. The molecule has 0 saturated carbocycles. The molecule has 11 heteroatoms. The van der Waals surface area contributed by atoms with Crippen LogP contribution in [0.15, 0.2) is 21.7 Å². The summed E-state index contributed by atoms with van der Waals surface area (Å²) in [6, 6.07) is 3.60. The highest BCUT2D eigenvalue weighted by Crippen LogP contribution is 2.32. The van der Waals surface area contributed by atoms with Gasteiger partial charge in [-0.05, 0) is 35.0 Å². The van der Waals surface area contributed by atoms with Crippen LogP contribution in [0.2, 0.25) is 0 Å². The minimum atomic E-state index is 0.